The molecule has 2 unspecified atom stereocenters. The maximum absolute atomic E-state index is 12.7. The maximum Gasteiger partial charge on any atom is 0.306 e. The van der Waals surface area contributed by atoms with Crippen molar-refractivity contribution < 1.29 is 49.0 Å². The van der Waals surface area contributed by atoms with E-state index in [0.717, 1.165) is 44.9 Å². The molecule has 0 spiro atoms. The first-order chi connectivity index (χ1) is 26.8. The van der Waals surface area contributed by atoms with Gasteiger partial charge in [0.2, 0.25) is 0 Å². The summed E-state index contributed by atoms with van der Waals surface area (Å²) in [5.74, 6) is -0.846. The molecular weight excluding hydrogens is 700 g/mol. The van der Waals surface area contributed by atoms with Gasteiger partial charge < -0.3 is 39.4 Å². The molecule has 0 aromatic heterocycles. The standard InChI is InChI=1S/C45H82O10/c1-3-5-7-9-11-13-15-17-19-21-23-25-27-29-31-33-40(47)52-36-38(37-53-45-44(51)43(50)42(49)39(35-46)55-45)54-41(48)34-32-30-28-26-24-22-20-18-16-14-12-10-8-6-4-2/h22-25,38-39,42-46,49-51H,3-21,26-37H2,1-2H3/b24-22+,25-23+/t38-,39-,42+,43?,44?,45-/m0/s1. The molecular formula is C45H82O10. The number of esters is 2. The summed E-state index contributed by atoms with van der Waals surface area (Å²) in [6.45, 7) is 3.39. The zero-order chi connectivity index (χ0) is 40.2. The molecule has 6 atom stereocenters. The second-order valence-corrected chi connectivity index (χ2v) is 15.5. The number of rotatable bonds is 37. The van der Waals surface area contributed by atoms with Gasteiger partial charge in [-0.15, -0.1) is 0 Å². The summed E-state index contributed by atoms with van der Waals surface area (Å²) in [5.41, 5.74) is 0. The third-order valence-corrected chi connectivity index (χ3v) is 10.3. The van der Waals surface area contributed by atoms with Crippen molar-refractivity contribution in [3.05, 3.63) is 24.3 Å². The van der Waals surface area contributed by atoms with E-state index in [1.165, 1.54) is 109 Å². The van der Waals surface area contributed by atoms with E-state index in [2.05, 4.69) is 38.2 Å². The second kappa shape index (κ2) is 36.5. The van der Waals surface area contributed by atoms with Crippen molar-refractivity contribution in [2.75, 3.05) is 19.8 Å². The van der Waals surface area contributed by atoms with Crippen LogP contribution in [0.3, 0.4) is 0 Å². The molecule has 1 aliphatic rings. The van der Waals surface area contributed by atoms with Crippen LogP contribution in [0.4, 0.5) is 0 Å². The van der Waals surface area contributed by atoms with Crippen LogP contribution >= 0.6 is 0 Å². The molecule has 55 heavy (non-hydrogen) atoms. The van der Waals surface area contributed by atoms with E-state index in [0.29, 0.717) is 12.8 Å². The average molecular weight is 783 g/mol. The molecule has 10 heteroatoms. The fraction of sp³-hybridized carbons (Fsp3) is 0.867. The van der Waals surface area contributed by atoms with Crippen molar-refractivity contribution in [2.24, 2.45) is 0 Å². The highest BCUT2D eigenvalue weighted by Gasteiger charge is 2.44. The number of aliphatic hydroxyl groups excluding tert-OH is 4. The maximum atomic E-state index is 12.7. The lowest BCUT2D eigenvalue weighted by molar-refractivity contribution is -0.305. The molecule has 1 rings (SSSR count). The normalized spacial score (nSPS) is 20.7. The second-order valence-electron chi connectivity index (χ2n) is 15.5. The molecule has 0 aromatic carbocycles. The number of hydrogen-bond donors (Lipinski definition) is 4. The summed E-state index contributed by atoms with van der Waals surface area (Å²) in [6.07, 6.45) is 31.9. The molecule has 0 bridgehead atoms. The lowest BCUT2D eigenvalue weighted by atomic mass is 9.99. The van der Waals surface area contributed by atoms with Gasteiger partial charge >= 0.3 is 11.9 Å². The number of hydrogen-bond acceptors (Lipinski definition) is 10. The highest BCUT2D eigenvalue weighted by atomic mass is 16.7. The zero-order valence-corrected chi connectivity index (χ0v) is 34.9. The van der Waals surface area contributed by atoms with Crippen LogP contribution in [-0.2, 0) is 28.5 Å². The summed E-state index contributed by atoms with van der Waals surface area (Å²) < 4.78 is 22.1. The topological polar surface area (TPSA) is 152 Å². The first-order valence-corrected chi connectivity index (χ1v) is 22.4. The van der Waals surface area contributed by atoms with Gasteiger partial charge in [0.15, 0.2) is 12.4 Å². The Labute approximate surface area is 334 Å². The van der Waals surface area contributed by atoms with E-state index < -0.39 is 55.4 Å². The number of unbranched alkanes of at least 4 members (excludes halogenated alkanes) is 22. The third kappa shape index (κ3) is 28.3. The van der Waals surface area contributed by atoms with Crippen LogP contribution < -0.4 is 0 Å². The minimum Gasteiger partial charge on any atom is -0.462 e. The monoisotopic (exact) mass is 783 g/mol. The smallest absolute Gasteiger partial charge is 0.306 e. The number of carbonyl (C=O) groups is 2. The summed E-state index contributed by atoms with van der Waals surface area (Å²) in [5, 5.41) is 40.0. The SMILES string of the molecule is CCCCCCCCCC/C=C/CCCCCC(=O)O[C@@H](COC(=O)CCCC/C=C/CCCCCCCCCCC)CO[C@H]1O[C@@H](CO)[C@@H](O)C(O)C1O. The molecule has 1 aliphatic heterocycles. The van der Waals surface area contributed by atoms with Gasteiger partial charge in [-0.2, -0.15) is 0 Å². The van der Waals surface area contributed by atoms with Gasteiger partial charge in [-0.05, 0) is 64.2 Å². The highest BCUT2D eigenvalue weighted by Crippen LogP contribution is 2.22. The van der Waals surface area contributed by atoms with E-state index >= 15 is 0 Å². The molecule has 10 nitrogen and oxygen atoms in total. The Hall–Kier alpha value is -1.82. The van der Waals surface area contributed by atoms with Crippen LogP contribution in [0.1, 0.15) is 194 Å². The Morgan fingerprint density at radius 2 is 0.964 bits per heavy atom. The quantitative estimate of drug-likeness (QED) is 0.0273. The summed E-state index contributed by atoms with van der Waals surface area (Å²) in [4.78, 5) is 25.3. The molecule has 0 aromatic rings. The van der Waals surface area contributed by atoms with Crippen molar-refractivity contribution in [3.8, 4) is 0 Å². The summed E-state index contributed by atoms with van der Waals surface area (Å²) in [6, 6.07) is 0. The van der Waals surface area contributed by atoms with Gasteiger partial charge in [0.25, 0.3) is 0 Å². The molecule has 1 fully saturated rings. The predicted molar refractivity (Wildman–Crippen MR) is 219 cm³/mol. The van der Waals surface area contributed by atoms with Crippen LogP contribution in [0.25, 0.3) is 0 Å². The van der Waals surface area contributed by atoms with E-state index in [4.69, 9.17) is 18.9 Å². The van der Waals surface area contributed by atoms with E-state index in [-0.39, 0.29) is 26.1 Å². The van der Waals surface area contributed by atoms with Gasteiger partial charge in [-0.3, -0.25) is 9.59 Å². The summed E-state index contributed by atoms with van der Waals surface area (Å²) in [7, 11) is 0. The molecule has 0 radical (unpaired) electrons. The average Bonchev–Trinajstić information content (AvgIpc) is 3.18. The highest BCUT2D eigenvalue weighted by molar-refractivity contribution is 5.70. The number of carbonyl (C=O) groups excluding carboxylic acids is 2. The lowest BCUT2D eigenvalue weighted by Gasteiger charge is -2.39. The Morgan fingerprint density at radius 1 is 0.545 bits per heavy atom. The van der Waals surface area contributed by atoms with Gasteiger partial charge in [0.05, 0.1) is 13.2 Å². The number of allylic oxidation sites excluding steroid dienone is 4. The van der Waals surface area contributed by atoms with Crippen LogP contribution in [-0.4, -0.2) is 89.0 Å². The first-order valence-electron chi connectivity index (χ1n) is 22.4. The van der Waals surface area contributed by atoms with Crippen LogP contribution in [0.5, 0.6) is 0 Å². The van der Waals surface area contributed by atoms with Crippen molar-refractivity contribution in [1.29, 1.82) is 0 Å². The molecule has 4 N–H and O–H groups in total. The Morgan fingerprint density at radius 3 is 1.45 bits per heavy atom. The number of aliphatic hydroxyl groups is 4. The van der Waals surface area contributed by atoms with Gasteiger partial charge in [0.1, 0.15) is 31.0 Å². The Kier molecular flexibility index (Phi) is 34.0. The zero-order valence-electron chi connectivity index (χ0n) is 34.9. The van der Waals surface area contributed by atoms with Crippen molar-refractivity contribution >= 4 is 11.9 Å². The molecule has 0 saturated carbocycles. The van der Waals surface area contributed by atoms with Gasteiger partial charge in [-0.25, -0.2) is 0 Å². The minimum absolute atomic E-state index is 0.207. The molecule has 1 saturated heterocycles. The summed E-state index contributed by atoms with van der Waals surface area (Å²) >= 11 is 0. The van der Waals surface area contributed by atoms with Crippen molar-refractivity contribution in [2.45, 2.75) is 230 Å². The minimum atomic E-state index is -1.60. The van der Waals surface area contributed by atoms with E-state index in [1.54, 1.807) is 0 Å². The molecule has 322 valence electrons. The van der Waals surface area contributed by atoms with Crippen LogP contribution in [0.15, 0.2) is 24.3 Å². The molecule has 0 aliphatic carbocycles. The van der Waals surface area contributed by atoms with Crippen molar-refractivity contribution in [3.63, 3.8) is 0 Å². The fourth-order valence-electron chi connectivity index (χ4n) is 6.71. The molecule has 0 amide bonds. The third-order valence-electron chi connectivity index (χ3n) is 10.3. The van der Waals surface area contributed by atoms with E-state index in [1.807, 2.05) is 0 Å². The van der Waals surface area contributed by atoms with Crippen molar-refractivity contribution in [1.82, 2.24) is 0 Å². The van der Waals surface area contributed by atoms with Gasteiger partial charge in [0, 0.05) is 12.8 Å². The number of ether oxygens (including phenoxy) is 4. The van der Waals surface area contributed by atoms with E-state index in [9.17, 15) is 30.0 Å². The largest absolute Gasteiger partial charge is 0.462 e. The Bertz CT molecular complexity index is 954. The van der Waals surface area contributed by atoms with Gasteiger partial charge in [-0.1, -0.05) is 141 Å². The Balaban J connectivity index is 2.36. The molecule has 1 heterocycles. The van der Waals surface area contributed by atoms with Crippen LogP contribution in [0.2, 0.25) is 0 Å². The fourth-order valence-corrected chi connectivity index (χ4v) is 6.71. The lowest BCUT2D eigenvalue weighted by Crippen LogP contribution is -2.59. The first kappa shape index (κ1) is 51.2. The van der Waals surface area contributed by atoms with Crippen LogP contribution in [0, 0.1) is 0 Å². The predicted octanol–water partition coefficient (Wildman–Crippen LogP) is 9.33.